The monoisotopic (exact) mass is 279 g/mol. The Morgan fingerprint density at radius 2 is 2.15 bits per heavy atom. The molecular formula is C16H25NO3. The van der Waals surface area contributed by atoms with Gasteiger partial charge in [-0.3, -0.25) is 4.79 Å². The van der Waals surface area contributed by atoms with Gasteiger partial charge in [0, 0.05) is 13.1 Å². The van der Waals surface area contributed by atoms with E-state index in [-0.39, 0.29) is 5.92 Å². The molecule has 0 saturated carbocycles. The van der Waals surface area contributed by atoms with E-state index in [4.69, 9.17) is 4.74 Å². The van der Waals surface area contributed by atoms with Crippen molar-refractivity contribution in [2.45, 2.75) is 33.7 Å². The van der Waals surface area contributed by atoms with E-state index >= 15 is 0 Å². The summed E-state index contributed by atoms with van der Waals surface area (Å²) >= 11 is 0. The van der Waals surface area contributed by atoms with E-state index in [2.05, 4.69) is 5.32 Å². The lowest BCUT2D eigenvalue weighted by Crippen LogP contribution is -2.29. The molecule has 0 bridgehead atoms. The fourth-order valence-electron chi connectivity index (χ4n) is 2.14. The zero-order valence-electron chi connectivity index (χ0n) is 12.6. The lowest BCUT2D eigenvalue weighted by molar-refractivity contribution is -0.142. The second-order valence-corrected chi connectivity index (χ2v) is 5.38. The van der Waals surface area contributed by atoms with E-state index in [0.29, 0.717) is 32.0 Å². The minimum Gasteiger partial charge on any atom is -0.494 e. The number of hydrogen-bond donors (Lipinski definition) is 2. The summed E-state index contributed by atoms with van der Waals surface area (Å²) in [6, 6.07) is 7.86. The van der Waals surface area contributed by atoms with Crippen LogP contribution in [0.15, 0.2) is 24.3 Å². The second kappa shape index (κ2) is 8.59. The number of carboxylic acids is 1. The van der Waals surface area contributed by atoms with E-state index in [1.54, 1.807) is 0 Å². The van der Waals surface area contributed by atoms with Crippen LogP contribution < -0.4 is 10.1 Å². The third-order valence-electron chi connectivity index (χ3n) is 3.03. The highest BCUT2D eigenvalue weighted by atomic mass is 16.5. The highest BCUT2D eigenvalue weighted by Gasteiger charge is 2.18. The number of aliphatic carboxylic acids is 1. The van der Waals surface area contributed by atoms with Crippen LogP contribution in [0.5, 0.6) is 5.75 Å². The van der Waals surface area contributed by atoms with Crippen LogP contribution in [0, 0.1) is 11.8 Å². The SMILES string of the molecule is CCOc1cccc(CNCC(CC(C)C)C(=O)O)c1. The standard InChI is InChI=1S/C16H25NO3/c1-4-20-15-7-5-6-13(9-15)10-17-11-14(16(18)19)8-12(2)3/h5-7,9,12,14,17H,4,8,10-11H2,1-3H3,(H,18,19). The summed E-state index contributed by atoms with van der Waals surface area (Å²) in [6.45, 7) is 7.83. The van der Waals surface area contributed by atoms with Gasteiger partial charge in [0.25, 0.3) is 0 Å². The topological polar surface area (TPSA) is 58.6 Å². The lowest BCUT2D eigenvalue weighted by atomic mass is 9.97. The van der Waals surface area contributed by atoms with Gasteiger partial charge in [0.1, 0.15) is 5.75 Å². The molecule has 4 heteroatoms. The van der Waals surface area contributed by atoms with Crippen LogP contribution in [0.4, 0.5) is 0 Å². The van der Waals surface area contributed by atoms with Gasteiger partial charge in [0.2, 0.25) is 0 Å². The third kappa shape index (κ3) is 6.06. The summed E-state index contributed by atoms with van der Waals surface area (Å²) in [5, 5.41) is 12.4. The molecule has 2 N–H and O–H groups in total. The minimum atomic E-state index is -0.728. The molecule has 0 fully saturated rings. The zero-order chi connectivity index (χ0) is 15.0. The first-order valence-electron chi connectivity index (χ1n) is 7.18. The maximum Gasteiger partial charge on any atom is 0.307 e. The predicted molar refractivity (Wildman–Crippen MR) is 79.9 cm³/mol. The van der Waals surface area contributed by atoms with Crippen LogP contribution in [0.25, 0.3) is 0 Å². The number of benzene rings is 1. The molecule has 112 valence electrons. The van der Waals surface area contributed by atoms with Gasteiger partial charge >= 0.3 is 5.97 Å². The summed E-state index contributed by atoms with van der Waals surface area (Å²) in [4.78, 5) is 11.2. The first-order chi connectivity index (χ1) is 9.52. The average Bonchev–Trinajstić information content (AvgIpc) is 2.38. The van der Waals surface area contributed by atoms with Crippen LogP contribution >= 0.6 is 0 Å². The Hall–Kier alpha value is -1.55. The molecule has 1 aromatic rings. The largest absolute Gasteiger partial charge is 0.494 e. The molecule has 20 heavy (non-hydrogen) atoms. The van der Waals surface area contributed by atoms with Crippen molar-refractivity contribution in [3.05, 3.63) is 29.8 Å². The van der Waals surface area contributed by atoms with Crippen LogP contribution in [-0.2, 0) is 11.3 Å². The van der Waals surface area contributed by atoms with E-state index in [9.17, 15) is 9.90 Å². The zero-order valence-corrected chi connectivity index (χ0v) is 12.6. The fraction of sp³-hybridized carbons (Fsp3) is 0.562. The third-order valence-corrected chi connectivity index (χ3v) is 3.03. The molecule has 0 amide bonds. The van der Waals surface area contributed by atoms with Crippen molar-refractivity contribution in [3.63, 3.8) is 0 Å². The van der Waals surface area contributed by atoms with Gasteiger partial charge in [-0.2, -0.15) is 0 Å². The molecule has 0 spiro atoms. The number of hydrogen-bond acceptors (Lipinski definition) is 3. The molecule has 0 aliphatic carbocycles. The molecular weight excluding hydrogens is 254 g/mol. The fourth-order valence-corrected chi connectivity index (χ4v) is 2.14. The van der Waals surface area contributed by atoms with E-state index < -0.39 is 5.97 Å². The molecule has 4 nitrogen and oxygen atoms in total. The second-order valence-electron chi connectivity index (χ2n) is 5.38. The summed E-state index contributed by atoms with van der Waals surface area (Å²) in [6.07, 6.45) is 0.696. The van der Waals surface area contributed by atoms with Gasteiger partial charge in [-0.1, -0.05) is 26.0 Å². The van der Waals surface area contributed by atoms with Gasteiger partial charge in [0.05, 0.1) is 12.5 Å². The van der Waals surface area contributed by atoms with Crippen molar-refractivity contribution in [1.29, 1.82) is 0 Å². The van der Waals surface area contributed by atoms with Gasteiger partial charge in [0.15, 0.2) is 0 Å². The first-order valence-corrected chi connectivity index (χ1v) is 7.18. The summed E-state index contributed by atoms with van der Waals surface area (Å²) in [5.41, 5.74) is 1.10. The summed E-state index contributed by atoms with van der Waals surface area (Å²) < 4.78 is 5.44. The average molecular weight is 279 g/mol. The van der Waals surface area contributed by atoms with E-state index in [1.807, 2.05) is 45.0 Å². The quantitative estimate of drug-likeness (QED) is 0.729. The lowest BCUT2D eigenvalue weighted by Gasteiger charge is -2.15. The molecule has 0 radical (unpaired) electrons. The van der Waals surface area contributed by atoms with E-state index in [1.165, 1.54) is 0 Å². The molecule has 0 saturated heterocycles. The van der Waals surface area contributed by atoms with Crippen molar-refractivity contribution in [2.75, 3.05) is 13.2 Å². The first kappa shape index (κ1) is 16.5. The number of carboxylic acid groups (broad SMARTS) is 1. The molecule has 1 rings (SSSR count). The highest BCUT2D eigenvalue weighted by Crippen LogP contribution is 2.14. The molecule has 0 aromatic heterocycles. The smallest absolute Gasteiger partial charge is 0.307 e. The van der Waals surface area contributed by atoms with Crippen molar-refractivity contribution < 1.29 is 14.6 Å². The normalized spacial score (nSPS) is 12.4. The molecule has 0 aliphatic rings. The molecule has 1 aromatic carbocycles. The molecule has 1 atom stereocenters. The highest BCUT2D eigenvalue weighted by molar-refractivity contribution is 5.70. The number of rotatable bonds is 9. The van der Waals surface area contributed by atoms with Crippen molar-refractivity contribution in [2.24, 2.45) is 11.8 Å². The van der Waals surface area contributed by atoms with Crippen LogP contribution in [-0.4, -0.2) is 24.2 Å². The Morgan fingerprint density at radius 3 is 2.75 bits per heavy atom. The van der Waals surface area contributed by atoms with Crippen LogP contribution in [0.3, 0.4) is 0 Å². The van der Waals surface area contributed by atoms with Crippen LogP contribution in [0.1, 0.15) is 32.8 Å². The Balaban J connectivity index is 2.45. The Morgan fingerprint density at radius 1 is 1.40 bits per heavy atom. The van der Waals surface area contributed by atoms with Gasteiger partial charge in [-0.25, -0.2) is 0 Å². The van der Waals surface area contributed by atoms with Gasteiger partial charge in [-0.15, -0.1) is 0 Å². The summed E-state index contributed by atoms with van der Waals surface area (Å²) in [5.74, 6) is 0.183. The maximum atomic E-state index is 11.2. The van der Waals surface area contributed by atoms with Gasteiger partial charge < -0.3 is 15.2 Å². The maximum absolute atomic E-state index is 11.2. The molecule has 1 unspecified atom stereocenters. The van der Waals surface area contributed by atoms with Crippen molar-refractivity contribution in [3.8, 4) is 5.75 Å². The number of ether oxygens (including phenoxy) is 1. The summed E-state index contributed by atoms with van der Waals surface area (Å²) in [7, 11) is 0. The number of nitrogens with one attached hydrogen (secondary N) is 1. The Labute approximate surface area is 121 Å². The van der Waals surface area contributed by atoms with Crippen LogP contribution in [0.2, 0.25) is 0 Å². The molecule has 0 aliphatic heterocycles. The number of carbonyl (C=O) groups is 1. The van der Waals surface area contributed by atoms with Crippen molar-refractivity contribution in [1.82, 2.24) is 5.32 Å². The van der Waals surface area contributed by atoms with E-state index in [0.717, 1.165) is 11.3 Å². The van der Waals surface area contributed by atoms with Gasteiger partial charge in [-0.05, 0) is 37.0 Å². The minimum absolute atomic E-state index is 0.329. The Kier molecular flexibility index (Phi) is 7.09. The Bertz CT molecular complexity index is 418. The predicted octanol–water partition coefficient (Wildman–Crippen LogP) is 2.92. The van der Waals surface area contributed by atoms with Crippen molar-refractivity contribution >= 4 is 5.97 Å². The molecule has 0 heterocycles.